The zero-order chi connectivity index (χ0) is 17.3. The molecule has 3 fully saturated rings. The fraction of sp³-hybridized carbons (Fsp3) is 0.950. The number of halogens is 2. The fourth-order valence-electron chi connectivity index (χ4n) is 4.92. The van der Waals surface area contributed by atoms with Gasteiger partial charge in [0.25, 0.3) is 0 Å². The fourth-order valence-corrected chi connectivity index (χ4v) is 4.92. The van der Waals surface area contributed by atoms with E-state index >= 15 is 0 Å². The van der Waals surface area contributed by atoms with E-state index in [1.54, 1.807) is 6.92 Å². The van der Waals surface area contributed by atoms with Crippen molar-refractivity contribution in [1.82, 2.24) is 0 Å². The SMILES string of the molecule is CC1CCC(C2CCC(C(=O)C3CCC(C)C(F)C3F)CO2)CC1. The van der Waals surface area contributed by atoms with Gasteiger partial charge in [-0.25, -0.2) is 8.78 Å². The average Bonchev–Trinajstić information content (AvgIpc) is 2.60. The van der Waals surface area contributed by atoms with Crippen LogP contribution in [0.25, 0.3) is 0 Å². The van der Waals surface area contributed by atoms with Crippen LogP contribution in [0.5, 0.6) is 0 Å². The summed E-state index contributed by atoms with van der Waals surface area (Å²) in [5.74, 6) is 0.0990. The molecule has 2 nitrogen and oxygen atoms in total. The molecule has 0 aromatic carbocycles. The van der Waals surface area contributed by atoms with Crippen molar-refractivity contribution < 1.29 is 18.3 Å². The number of carbonyl (C=O) groups is 1. The Morgan fingerprint density at radius 3 is 2.21 bits per heavy atom. The van der Waals surface area contributed by atoms with Crippen LogP contribution >= 0.6 is 0 Å². The summed E-state index contributed by atoms with van der Waals surface area (Å²) in [5, 5.41) is 0. The van der Waals surface area contributed by atoms with Crippen LogP contribution in [0.1, 0.15) is 65.2 Å². The van der Waals surface area contributed by atoms with Crippen LogP contribution in [-0.4, -0.2) is 30.8 Å². The zero-order valence-corrected chi connectivity index (χ0v) is 15.1. The van der Waals surface area contributed by atoms with Crippen molar-refractivity contribution in [3.63, 3.8) is 0 Å². The van der Waals surface area contributed by atoms with Crippen molar-refractivity contribution in [3.8, 4) is 0 Å². The van der Waals surface area contributed by atoms with E-state index in [9.17, 15) is 13.6 Å². The maximum atomic E-state index is 14.3. The van der Waals surface area contributed by atoms with Crippen LogP contribution < -0.4 is 0 Å². The van der Waals surface area contributed by atoms with Gasteiger partial charge >= 0.3 is 0 Å². The van der Waals surface area contributed by atoms with Crippen LogP contribution in [0.2, 0.25) is 0 Å². The molecule has 2 aliphatic carbocycles. The number of alkyl halides is 2. The molecule has 1 aliphatic heterocycles. The summed E-state index contributed by atoms with van der Waals surface area (Å²) in [6.45, 7) is 4.45. The summed E-state index contributed by atoms with van der Waals surface area (Å²) < 4.78 is 34.2. The maximum Gasteiger partial charge on any atom is 0.144 e. The summed E-state index contributed by atoms with van der Waals surface area (Å²) in [6.07, 6.45) is 4.91. The Balaban J connectivity index is 1.50. The molecule has 1 heterocycles. The van der Waals surface area contributed by atoms with Crippen molar-refractivity contribution in [2.45, 2.75) is 83.7 Å². The molecule has 138 valence electrons. The summed E-state index contributed by atoms with van der Waals surface area (Å²) in [5.41, 5.74) is 0. The average molecular weight is 342 g/mol. The summed E-state index contributed by atoms with van der Waals surface area (Å²) in [7, 11) is 0. The Morgan fingerprint density at radius 2 is 1.58 bits per heavy atom. The molecule has 0 radical (unpaired) electrons. The number of Topliss-reactive ketones (excluding diaryl/α,β-unsaturated/α-hetero) is 1. The molecule has 4 heteroatoms. The second kappa shape index (κ2) is 7.80. The monoisotopic (exact) mass is 342 g/mol. The minimum Gasteiger partial charge on any atom is -0.377 e. The third-order valence-corrected chi connectivity index (χ3v) is 6.83. The molecule has 0 amide bonds. The van der Waals surface area contributed by atoms with E-state index in [0.29, 0.717) is 25.4 Å². The maximum absolute atomic E-state index is 14.3. The summed E-state index contributed by atoms with van der Waals surface area (Å²) in [6, 6.07) is 0. The van der Waals surface area contributed by atoms with Crippen LogP contribution in [0.3, 0.4) is 0 Å². The van der Waals surface area contributed by atoms with E-state index in [1.807, 2.05) is 0 Å². The van der Waals surface area contributed by atoms with Gasteiger partial charge in [-0.3, -0.25) is 4.79 Å². The van der Waals surface area contributed by atoms with Gasteiger partial charge in [-0.1, -0.05) is 26.7 Å². The molecular weight excluding hydrogens is 310 g/mol. The largest absolute Gasteiger partial charge is 0.377 e. The number of hydrogen-bond acceptors (Lipinski definition) is 2. The Kier molecular flexibility index (Phi) is 5.94. The lowest BCUT2D eigenvalue weighted by molar-refractivity contribution is -0.141. The van der Waals surface area contributed by atoms with Gasteiger partial charge in [-0.15, -0.1) is 0 Å². The molecule has 6 unspecified atom stereocenters. The highest BCUT2D eigenvalue weighted by Crippen LogP contribution is 2.39. The lowest BCUT2D eigenvalue weighted by atomic mass is 9.73. The highest BCUT2D eigenvalue weighted by molar-refractivity contribution is 5.84. The van der Waals surface area contributed by atoms with E-state index in [0.717, 1.165) is 18.8 Å². The van der Waals surface area contributed by atoms with Crippen LogP contribution in [0.4, 0.5) is 8.78 Å². The smallest absolute Gasteiger partial charge is 0.144 e. The first-order valence-corrected chi connectivity index (χ1v) is 9.90. The highest BCUT2D eigenvalue weighted by Gasteiger charge is 2.44. The predicted octanol–water partition coefficient (Wildman–Crippen LogP) is 4.90. The Bertz CT molecular complexity index is 425. The molecular formula is C20H32F2O2. The van der Waals surface area contributed by atoms with Gasteiger partial charge < -0.3 is 4.74 Å². The van der Waals surface area contributed by atoms with Gasteiger partial charge in [0.15, 0.2) is 0 Å². The summed E-state index contributed by atoms with van der Waals surface area (Å²) in [4.78, 5) is 12.7. The van der Waals surface area contributed by atoms with Gasteiger partial charge in [-0.05, 0) is 56.3 Å². The number of ketones is 1. The minimum atomic E-state index is -1.63. The molecule has 0 N–H and O–H groups in total. The van der Waals surface area contributed by atoms with Crippen molar-refractivity contribution >= 4 is 5.78 Å². The molecule has 3 rings (SSSR count). The van der Waals surface area contributed by atoms with Crippen molar-refractivity contribution in [2.24, 2.45) is 29.6 Å². The topological polar surface area (TPSA) is 26.3 Å². The van der Waals surface area contributed by atoms with Crippen molar-refractivity contribution in [2.75, 3.05) is 6.61 Å². The lowest BCUT2D eigenvalue weighted by Gasteiger charge is -2.39. The molecule has 1 saturated heterocycles. The predicted molar refractivity (Wildman–Crippen MR) is 90.3 cm³/mol. The Morgan fingerprint density at radius 1 is 0.875 bits per heavy atom. The minimum absolute atomic E-state index is 0.0900. The van der Waals surface area contributed by atoms with E-state index in [2.05, 4.69) is 6.92 Å². The number of rotatable bonds is 3. The highest BCUT2D eigenvalue weighted by atomic mass is 19.2. The van der Waals surface area contributed by atoms with Crippen molar-refractivity contribution in [1.29, 1.82) is 0 Å². The van der Waals surface area contributed by atoms with Crippen LogP contribution in [0, 0.1) is 29.6 Å². The van der Waals surface area contributed by atoms with Crippen LogP contribution in [0.15, 0.2) is 0 Å². The number of ether oxygens (including phenoxy) is 1. The van der Waals surface area contributed by atoms with E-state index in [1.165, 1.54) is 25.7 Å². The van der Waals surface area contributed by atoms with E-state index in [-0.39, 0.29) is 23.7 Å². The van der Waals surface area contributed by atoms with Gasteiger partial charge in [0.1, 0.15) is 18.1 Å². The van der Waals surface area contributed by atoms with Gasteiger partial charge in [0.2, 0.25) is 0 Å². The Hall–Kier alpha value is -0.510. The van der Waals surface area contributed by atoms with Gasteiger partial charge in [0, 0.05) is 5.92 Å². The number of hydrogen-bond donors (Lipinski definition) is 0. The molecule has 0 aromatic heterocycles. The normalized spacial score (nSPS) is 47.3. The molecule has 24 heavy (non-hydrogen) atoms. The van der Waals surface area contributed by atoms with Crippen LogP contribution in [-0.2, 0) is 9.53 Å². The van der Waals surface area contributed by atoms with Gasteiger partial charge in [-0.2, -0.15) is 0 Å². The van der Waals surface area contributed by atoms with E-state index in [4.69, 9.17) is 4.74 Å². The van der Waals surface area contributed by atoms with Gasteiger partial charge in [0.05, 0.1) is 18.6 Å². The first-order valence-electron chi connectivity index (χ1n) is 9.90. The molecule has 3 aliphatic rings. The molecule has 0 bridgehead atoms. The first kappa shape index (κ1) is 18.3. The first-order chi connectivity index (χ1) is 11.5. The molecule has 0 aromatic rings. The van der Waals surface area contributed by atoms with E-state index < -0.39 is 18.3 Å². The third kappa shape index (κ3) is 3.84. The lowest BCUT2D eigenvalue weighted by Crippen LogP contribution is -2.45. The number of carbonyl (C=O) groups excluding carboxylic acids is 1. The molecule has 2 saturated carbocycles. The molecule has 6 atom stereocenters. The Labute approximate surface area is 144 Å². The molecule has 0 spiro atoms. The second-order valence-corrected chi connectivity index (χ2v) is 8.62. The second-order valence-electron chi connectivity index (χ2n) is 8.62. The standard InChI is InChI=1S/C20H32F2O2/c1-12-3-6-14(7-4-12)17-10-8-15(11-24-17)20(23)16-9-5-13(2)18(21)19(16)22/h12-19H,3-11H2,1-2H3. The quantitative estimate of drug-likeness (QED) is 0.729. The summed E-state index contributed by atoms with van der Waals surface area (Å²) >= 11 is 0. The third-order valence-electron chi connectivity index (χ3n) is 6.83. The van der Waals surface area contributed by atoms with Crippen molar-refractivity contribution in [3.05, 3.63) is 0 Å². The zero-order valence-electron chi connectivity index (χ0n) is 15.1.